The van der Waals surface area contributed by atoms with E-state index in [-0.39, 0.29) is 16.6 Å². The van der Waals surface area contributed by atoms with Gasteiger partial charge in [0, 0.05) is 0 Å². The molecule has 0 bridgehead atoms. The molecule has 0 amide bonds. The van der Waals surface area contributed by atoms with Gasteiger partial charge in [-0.25, -0.2) is 0 Å². The van der Waals surface area contributed by atoms with Crippen molar-refractivity contribution >= 4 is 35.8 Å². The molecule has 2 rings (SSSR count). The second-order valence-electron chi connectivity index (χ2n) is 8.42. The third-order valence-electron chi connectivity index (χ3n) is 3.98. The molecule has 0 atom stereocenters. The van der Waals surface area contributed by atoms with Gasteiger partial charge in [-0.05, 0) is 28.9 Å². The van der Waals surface area contributed by atoms with Crippen LogP contribution in [0, 0.1) is 6.92 Å². The summed E-state index contributed by atoms with van der Waals surface area (Å²) in [5.74, 6) is 0.214. The molecule has 0 radical (unpaired) electrons. The van der Waals surface area contributed by atoms with Crippen molar-refractivity contribution in [1.29, 1.82) is 0 Å². The van der Waals surface area contributed by atoms with Gasteiger partial charge in [0.2, 0.25) is 0 Å². The van der Waals surface area contributed by atoms with Gasteiger partial charge < -0.3 is 5.11 Å². The van der Waals surface area contributed by atoms with Crippen molar-refractivity contribution in [2.24, 2.45) is 0 Å². The third kappa shape index (κ3) is 6.43. The van der Waals surface area contributed by atoms with Crippen molar-refractivity contribution in [3.63, 3.8) is 0 Å². The molecule has 0 saturated carbocycles. The predicted molar refractivity (Wildman–Crippen MR) is 104 cm³/mol. The number of rotatable bonds is 1. The average molecular weight is 351 g/mol. The van der Waals surface area contributed by atoms with Gasteiger partial charge in [-0.2, -0.15) is 0 Å². The minimum atomic E-state index is -0.0803. The summed E-state index contributed by atoms with van der Waals surface area (Å²) < 4.78 is 1.26. The second kappa shape index (κ2) is 8.74. The number of hydrogen-bond donors (Lipinski definition) is 0. The van der Waals surface area contributed by atoms with Crippen LogP contribution in [-0.2, 0) is 13.3 Å². The van der Waals surface area contributed by atoms with E-state index in [0.717, 1.165) is 11.1 Å². The van der Waals surface area contributed by atoms with Crippen molar-refractivity contribution in [2.45, 2.75) is 61.8 Å². The van der Waals surface area contributed by atoms with E-state index < -0.39 is 0 Å². The molecule has 0 fully saturated rings. The summed E-state index contributed by atoms with van der Waals surface area (Å²) in [6, 6.07) is 14.6. The van der Waals surface area contributed by atoms with E-state index in [2.05, 4.69) is 78.8 Å². The Hall–Kier alpha value is -0.500. The van der Waals surface area contributed by atoms with Crippen molar-refractivity contribution < 1.29 is 5.11 Å². The van der Waals surface area contributed by atoms with Crippen LogP contribution in [0.25, 0.3) is 0 Å². The zero-order valence-corrected chi connectivity index (χ0v) is 18.6. The van der Waals surface area contributed by atoms with Gasteiger partial charge in [-0.3, -0.25) is 0 Å². The molecule has 0 unspecified atom stereocenters. The molecule has 0 aromatic heterocycles. The number of benzene rings is 2. The fourth-order valence-corrected chi connectivity index (χ4v) is 3.05. The van der Waals surface area contributed by atoms with Gasteiger partial charge in [0.05, 0.1) is 0 Å². The van der Waals surface area contributed by atoms with Crippen LogP contribution >= 0.6 is 0 Å². The molecule has 0 aliphatic carbocycles. The Labute approximate surface area is 172 Å². The van der Waals surface area contributed by atoms with Crippen LogP contribution in [0.15, 0.2) is 42.5 Å². The number of hydrogen-bond acceptors (Lipinski definition) is 1. The number of aryl methyl sites for hydroxylation is 1. The van der Waals surface area contributed by atoms with E-state index in [9.17, 15) is 5.11 Å². The van der Waals surface area contributed by atoms with Crippen molar-refractivity contribution in [2.75, 3.05) is 0 Å². The van der Waals surface area contributed by atoms with Crippen LogP contribution in [0.5, 0.6) is 5.75 Å². The molecule has 24 heavy (non-hydrogen) atoms. The van der Waals surface area contributed by atoms with Crippen LogP contribution in [0.3, 0.4) is 0 Å². The van der Waals surface area contributed by atoms with Gasteiger partial charge in [0.25, 0.3) is 0 Å². The molecule has 0 heterocycles. The monoisotopic (exact) mass is 350 g/mol. The van der Waals surface area contributed by atoms with Crippen LogP contribution in [-0.4, -0.2) is 35.8 Å². The van der Waals surface area contributed by atoms with Crippen molar-refractivity contribution in [1.82, 2.24) is 0 Å². The zero-order chi connectivity index (χ0) is 18.5. The Balaban J connectivity index is 0.000000300. The molecule has 0 aliphatic heterocycles. The summed E-state index contributed by atoms with van der Waals surface area (Å²) in [6.45, 7) is 14.6. The first-order valence-corrected chi connectivity index (χ1v) is 10.2. The molecular weight excluding hydrogens is 320 g/mol. The van der Waals surface area contributed by atoms with Crippen LogP contribution in [0.1, 0.15) is 63.8 Å². The normalized spacial score (nSPS) is 11.7. The van der Waals surface area contributed by atoms with Crippen LogP contribution < -0.4 is 5.11 Å². The van der Waals surface area contributed by atoms with Gasteiger partial charge in [0.1, 0.15) is 0 Å². The summed E-state index contributed by atoms with van der Waals surface area (Å²) in [5, 5.41) is 12.4. The van der Waals surface area contributed by atoms with Crippen LogP contribution in [0.2, 0.25) is 0 Å². The molecular formula is C22H30CaO. The standard InChI is InChI=1S/C15H24O.C7H7.Ca/c1-10-8-11(14(2,3)4)13(16)12(9-10)15(5,6)7;1-7-5-3-2-4-6-7;/h8-9,16H,1-7H3;2-6H,1H2;/q;;+1/p-1. The minimum absolute atomic E-state index is 0.0803. The summed E-state index contributed by atoms with van der Waals surface area (Å²) in [7, 11) is 0. The first-order valence-electron chi connectivity index (χ1n) is 8.62. The molecule has 0 N–H and O–H groups in total. The van der Waals surface area contributed by atoms with Gasteiger partial charge >= 0.3 is 74.2 Å². The molecule has 2 aromatic carbocycles. The second-order valence-corrected chi connectivity index (χ2v) is 9.21. The Morgan fingerprint density at radius 2 is 1.25 bits per heavy atom. The predicted octanol–water partition coefficient (Wildman–Crippen LogP) is 5.02. The van der Waals surface area contributed by atoms with E-state index in [0.29, 0.717) is 0 Å². The van der Waals surface area contributed by atoms with Gasteiger partial charge in [-0.1, -0.05) is 59.2 Å². The zero-order valence-electron chi connectivity index (χ0n) is 16.4. The molecule has 2 heteroatoms. The Morgan fingerprint density at radius 1 is 0.833 bits per heavy atom. The summed E-state index contributed by atoms with van der Waals surface area (Å²) in [4.78, 5) is 0. The SMILES string of the molecule is Cc1cc(C(C)(C)C)c([O-])c(C(C)(C)C)c1.[Ca+][CH2]c1ccccc1. The van der Waals surface area contributed by atoms with E-state index in [4.69, 9.17) is 0 Å². The molecule has 0 saturated heterocycles. The molecule has 126 valence electrons. The van der Waals surface area contributed by atoms with Gasteiger partial charge in [0.15, 0.2) is 0 Å². The first kappa shape index (κ1) is 21.5. The Bertz CT molecular complexity index is 611. The Kier molecular flexibility index (Phi) is 7.84. The maximum atomic E-state index is 12.4. The third-order valence-corrected chi connectivity index (χ3v) is 4.88. The maximum absolute atomic E-state index is 12.4. The molecule has 0 aliphatic rings. The van der Waals surface area contributed by atoms with Crippen LogP contribution in [0.4, 0.5) is 0 Å². The summed E-state index contributed by atoms with van der Waals surface area (Å²) in [5.41, 5.74) is 4.34. The van der Waals surface area contributed by atoms with E-state index in [1.165, 1.54) is 49.4 Å². The van der Waals surface area contributed by atoms with Crippen molar-refractivity contribution in [3.05, 3.63) is 64.7 Å². The summed E-state index contributed by atoms with van der Waals surface area (Å²) in [6.07, 6.45) is 0. The Morgan fingerprint density at radius 3 is 1.54 bits per heavy atom. The average Bonchev–Trinajstić information content (AvgIpc) is 2.48. The van der Waals surface area contributed by atoms with E-state index >= 15 is 0 Å². The van der Waals surface area contributed by atoms with Crippen molar-refractivity contribution in [3.8, 4) is 5.75 Å². The topological polar surface area (TPSA) is 23.1 Å². The van der Waals surface area contributed by atoms with Gasteiger partial charge in [-0.15, -0.1) is 5.75 Å². The van der Waals surface area contributed by atoms with E-state index in [1.807, 2.05) is 12.1 Å². The van der Waals surface area contributed by atoms with E-state index in [1.54, 1.807) is 0 Å². The molecule has 1 nitrogen and oxygen atoms in total. The molecule has 2 aromatic rings. The quantitative estimate of drug-likeness (QED) is 0.662. The first-order chi connectivity index (χ1) is 11.0. The molecule has 0 spiro atoms. The fraction of sp³-hybridized carbons (Fsp3) is 0.455. The fourth-order valence-electron chi connectivity index (χ4n) is 2.53. The summed E-state index contributed by atoms with van der Waals surface area (Å²) >= 11 is 1.37.